The lowest BCUT2D eigenvalue weighted by molar-refractivity contribution is 0.504. The number of hydrogen-bond acceptors (Lipinski definition) is 0. The second-order valence-electron chi connectivity index (χ2n) is 1.88. The third kappa shape index (κ3) is 1.62. The molecular weight excluding hydrogens is 341 g/mol. The molecule has 0 saturated heterocycles. The van der Waals surface area contributed by atoms with Crippen LogP contribution in [0.2, 0.25) is 10.0 Å². The van der Waals surface area contributed by atoms with Crippen LogP contribution in [0, 0.1) is 11.6 Å². The van der Waals surface area contributed by atoms with Gasteiger partial charge in [0.2, 0.25) is 0 Å². The van der Waals surface area contributed by atoms with Gasteiger partial charge >= 0.3 is 0 Å². The van der Waals surface area contributed by atoms with E-state index in [1.807, 2.05) is 0 Å². The van der Waals surface area contributed by atoms with Crippen LogP contribution < -0.4 is 0 Å². The summed E-state index contributed by atoms with van der Waals surface area (Å²) >= 11 is 16.7. The Labute approximate surface area is 94.1 Å². The Morgan fingerprint density at radius 3 is 1.83 bits per heavy atom. The van der Waals surface area contributed by atoms with E-state index in [-0.39, 0.29) is 14.0 Å². The second kappa shape index (κ2) is 3.78. The summed E-state index contributed by atoms with van der Waals surface area (Å²) in [6.45, 7) is 0. The van der Waals surface area contributed by atoms with E-state index in [9.17, 15) is 8.78 Å². The Kier molecular flexibility index (Phi) is 3.37. The Bertz CT molecular complexity index is 236. The second-order valence-corrected chi connectivity index (χ2v) is 4.23. The fraction of sp³-hybridized carbons (Fsp3) is 0. The predicted molar refractivity (Wildman–Crippen MR) is 51.8 cm³/mol. The molecule has 0 aromatic heterocycles. The summed E-state index contributed by atoms with van der Waals surface area (Å²) in [6.07, 6.45) is 0. The van der Waals surface area contributed by atoms with Crippen molar-refractivity contribution in [3.63, 3.8) is 0 Å². The molecule has 0 fully saturated rings. The fourth-order valence-electron chi connectivity index (χ4n) is 0.578. The molecule has 0 aliphatic rings. The number of benzene rings is 1. The van der Waals surface area contributed by atoms with Gasteiger partial charge in [-0.25, -0.2) is 8.78 Å². The van der Waals surface area contributed by atoms with Crippen LogP contribution in [0.15, 0.2) is 8.95 Å². The van der Waals surface area contributed by atoms with Crippen LogP contribution in [0.5, 0.6) is 0 Å². The summed E-state index contributed by atoms with van der Waals surface area (Å²) in [7, 11) is 0. The maximum absolute atomic E-state index is 12.8. The van der Waals surface area contributed by atoms with Crippen molar-refractivity contribution in [3.05, 3.63) is 30.6 Å². The van der Waals surface area contributed by atoms with Crippen molar-refractivity contribution in [3.8, 4) is 0 Å². The number of hydrogen-bond donors (Lipinski definition) is 0. The van der Waals surface area contributed by atoms with Gasteiger partial charge in [0.25, 0.3) is 0 Å². The van der Waals surface area contributed by atoms with Crippen molar-refractivity contribution in [1.29, 1.82) is 0 Å². The van der Waals surface area contributed by atoms with Crippen LogP contribution in [0.3, 0.4) is 0 Å². The molecule has 0 aliphatic carbocycles. The molecule has 66 valence electrons. The van der Waals surface area contributed by atoms with Crippen LogP contribution in [0.1, 0.15) is 0 Å². The molecule has 0 radical (unpaired) electrons. The molecule has 1 rings (SSSR count). The highest BCUT2D eigenvalue weighted by atomic mass is 79.9. The number of halogens is 6. The first-order valence-corrected chi connectivity index (χ1v) is 4.98. The van der Waals surface area contributed by atoms with E-state index < -0.39 is 16.7 Å². The van der Waals surface area contributed by atoms with Crippen LogP contribution in [0.4, 0.5) is 8.78 Å². The Morgan fingerprint density at radius 1 is 0.833 bits per heavy atom. The summed E-state index contributed by atoms with van der Waals surface area (Å²) in [6, 6.07) is 0. The van der Waals surface area contributed by atoms with Crippen molar-refractivity contribution in [2.24, 2.45) is 0 Å². The lowest BCUT2D eigenvalue weighted by atomic mass is 10.3. The lowest BCUT2D eigenvalue weighted by Crippen LogP contribution is -1.90. The molecule has 1 aromatic carbocycles. The standard InChI is InChI=1S/C6Br2Cl2F2/c7-1-2(8)5(11)6(12)4(10)3(1)9. The Balaban J connectivity index is 3.60. The van der Waals surface area contributed by atoms with Crippen molar-refractivity contribution in [2.75, 3.05) is 0 Å². The summed E-state index contributed by atoms with van der Waals surface area (Å²) in [5, 5.41) is -0.480. The highest BCUT2D eigenvalue weighted by Crippen LogP contribution is 2.39. The van der Waals surface area contributed by atoms with Gasteiger partial charge in [-0.1, -0.05) is 23.2 Å². The molecule has 0 unspecified atom stereocenters. The molecule has 0 saturated carbocycles. The van der Waals surface area contributed by atoms with E-state index in [2.05, 4.69) is 31.9 Å². The van der Waals surface area contributed by atoms with Crippen molar-refractivity contribution in [2.45, 2.75) is 0 Å². The molecule has 0 nitrogen and oxygen atoms in total. The molecule has 1 aromatic rings. The summed E-state index contributed by atoms with van der Waals surface area (Å²) < 4.78 is 25.8. The van der Waals surface area contributed by atoms with Crippen molar-refractivity contribution < 1.29 is 8.78 Å². The summed E-state index contributed by atoms with van der Waals surface area (Å²) in [5.41, 5.74) is 0. The van der Waals surface area contributed by atoms with Gasteiger partial charge in [0.15, 0.2) is 11.6 Å². The first-order valence-electron chi connectivity index (χ1n) is 2.63. The van der Waals surface area contributed by atoms with Gasteiger partial charge in [-0.3, -0.25) is 0 Å². The third-order valence-electron chi connectivity index (χ3n) is 1.16. The zero-order valence-corrected chi connectivity index (χ0v) is 9.95. The maximum atomic E-state index is 12.8. The van der Waals surface area contributed by atoms with E-state index in [0.717, 1.165) is 0 Å². The lowest BCUT2D eigenvalue weighted by Gasteiger charge is -2.04. The van der Waals surface area contributed by atoms with Gasteiger partial charge in [0, 0.05) is 0 Å². The SMILES string of the molecule is Fc1c(F)c(Br)c(Br)c(Cl)c1Cl. The molecule has 6 heteroatoms. The minimum atomic E-state index is -1.16. The maximum Gasteiger partial charge on any atom is 0.180 e. The van der Waals surface area contributed by atoms with E-state index in [1.165, 1.54) is 0 Å². The van der Waals surface area contributed by atoms with Crippen LogP contribution in [-0.2, 0) is 0 Å². The van der Waals surface area contributed by atoms with Crippen LogP contribution in [0.25, 0.3) is 0 Å². The molecule has 0 atom stereocenters. The highest BCUT2D eigenvalue weighted by molar-refractivity contribution is 9.13. The van der Waals surface area contributed by atoms with Gasteiger partial charge in [-0.2, -0.15) is 0 Å². The van der Waals surface area contributed by atoms with E-state index in [0.29, 0.717) is 0 Å². The molecule has 0 aliphatic heterocycles. The minimum Gasteiger partial charge on any atom is -0.202 e. The average molecular weight is 341 g/mol. The smallest absolute Gasteiger partial charge is 0.180 e. The van der Waals surface area contributed by atoms with Gasteiger partial charge in [-0.15, -0.1) is 0 Å². The third-order valence-corrected chi connectivity index (χ3v) is 4.28. The number of rotatable bonds is 0. The Morgan fingerprint density at radius 2 is 1.33 bits per heavy atom. The average Bonchev–Trinajstić information content (AvgIpc) is 2.08. The summed E-state index contributed by atoms with van der Waals surface area (Å²) in [4.78, 5) is 0. The van der Waals surface area contributed by atoms with Gasteiger partial charge < -0.3 is 0 Å². The summed E-state index contributed by atoms with van der Waals surface area (Å²) in [5.74, 6) is -2.21. The molecule has 0 amide bonds. The van der Waals surface area contributed by atoms with E-state index in [4.69, 9.17) is 23.2 Å². The minimum absolute atomic E-state index is 0.0533. The molecule has 0 heterocycles. The molecule has 12 heavy (non-hydrogen) atoms. The highest BCUT2D eigenvalue weighted by Gasteiger charge is 2.19. The first kappa shape index (κ1) is 10.7. The zero-order chi connectivity index (χ0) is 9.46. The van der Waals surface area contributed by atoms with Crippen molar-refractivity contribution >= 4 is 55.1 Å². The van der Waals surface area contributed by atoms with Gasteiger partial charge in [0.05, 0.1) is 19.0 Å². The van der Waals surface area contributed by atoms with Crippen LogP contribution in [-0.4, -0.2) is 0 Å². The zero-order valence-electron chi connectivity index (χ0n) is 5.27. The predicted octanol–water partition coefficient (Wildman–Crippen LogP) is 4.80. The molecule has 0 spiro atoms. The van der Waals surface area contributed by atoms with E-state index in [1.54, 1.807) is 0 Å². The largest absolute Gasteiger partial charge is 0.202 e. The van der Waals surface area contributed by atoms with E-state index >= 15 is 0 Å². The molecule has 0 N–H and O–H groups in total. The van der Waals surface area contributed by atoms with Gasteiger partial charge in [0.1, 0.15) is 0 Å². The normalized spacial score (nSPS) is 10.5. The van der Waals surface area contributed by atoms with Gasteiger partial charge in [-0.05, 0) is 31.9 Å². The van der Waals surface area contributed by atoms with Crippen molar-refractivity contribution in [1.82, 2.24) is 0 Å². The first-order chi connectivity index (χ1) is 5.46. The fourth-order valence-corrected chi connectivity index (χ4v) is 1.91. The quantitative estimate of drug-likeness (QED) is 0.470. The molecular formula is C6Br2Cl2F2. The topological polar surface area (TPSA) is 0 Å². The monoisotopic (exact) mass is 338 g/mol. The van der Waals surface area contributed by atoms with Crippen LogP contribution >= 0.6 is 55.1 Å². The molecule has 0 bridgehead atoms. The Hall–Kier alpha value is 0.620.